The Bertz CT molecular complexity index is 1070. The summed E-state index contributed by atoms with van der Waals surface area (Å²) in [7, 11) is -2.08. The number of aliphatic carboxylic acids is 1. The monoisotopic (exact) mass is 499 g/mol. The van der Waals surface area contributed by atoms with Crippen molar-refractivity contribution in [1.82, 2.24) is 4.90 Å². The molecule has 1 fully saturated rings. The van der Waals surface area contributed by atoms with Gasteiger partial charge in [0.05, 0.1) is 18.1 Å². The standard InChI is InChI=1S/C28H38FNO4Si/c1-27(2,3)35(4,5)34-23-10-11-25(29)21(17-23)16-22(26(31)32)18-30-14-12-28(13-15-30)24-9-7-6-8-20(24)19-33-28/h6-11,17,22H,12-16,18-19H2,1-5H3,(H,31,32). The zero-order valence-corrected chi connectivity index (χ0v) is 22.6. The Hall–Kier alpha value is -2.22. The first-order valence-electron chi connectivity index (χ1n) is 12.6. The molecule has 0 radical (unpaired) electrons. The van der Waals surface area contributed by atoms with Crippen LogP contribution in [0.3, 0.4) is 0 Å². The van der Waals surface area contributed by atoms with Crippen LogP contribution in [-0.2, 0) is 28.2 Å². The fourth-order valence-corrected chi connectivity index (χ4v) is 5.94. The number of halogens is 1. The van der Waals surface area contributed by atoms with Crippen molar-refractivity contribution in [3.8, 4) is 5.75 Å². The van der Waals surface area contributed by atoms with Gasteiger partial charge in [-0.2, -0.15) is 0 Å². The quantitative estimate of drug-likeness (QED) is 0.475. The lowest BCUT2D eigenvalue weighted by Crippen LogP contribution is -2.45. The second-order valence-corrected chi connectivity index (χ2v) is 16.3. The van der Waals surface area contributed by atoms with Gasteiger partial charge in [0.15, 0.2) is 0 Å². The van der Waals surface area contributed by atoms with Gasteiger partial charge >= 0.3 is 5.97 Å². The smallest absolute Gasteiger partial charge is 0.308 e. The van der Waals surface area contributed by atoms with E-state index in [1.807, 2.05) is 6.07 Å². The summed E-state index contributed by atoms with van der Waals surface area (Å²) in [4.78, 5) is 14.3. The molecule has 2 aromatic rings. The predicted octanol–water partition coefficient (Wildman–Crippen LogP) is 5.97. The number of carboxylic acids is 1. The molecular weight excluding hydrogens is 461 g/mol. The summed E-state index contributed by atoms with van der Waals surface area (Å²) in [6, 6.07) is 13.1. The maximum absolute atomic E-state index is 14.7. The lowest BCUT2D eigenvalue weighted by molar-refractivity contribution is -0.143. The SMILES string of the molecule is CC(C)(C)[Si](C)(C)Oc1ccc(F)c(CC(CN2CCC3(CC2)OCc2ccccc23)C(=O)O)c1. The first-order chi connectivity index (χ1) is 16.4. The van der Waals surface area contributed by atoms with Crippen LogP contribution in [-0.4, -0.2) is 43.9 Å². The minimum atomic E-state index is -2.08. The number of piperidine rings is 1. The molecule has 1 N–H and O–H groups in total. The number of carbonyl (C=O) groups is 1. The highest BCUT2D eigenvalue weighted by atomic mass is 28.4. The number of carboxylic acid groups (broad SMARTS) is 1. The summed E-state index contributed by atoms with van der Waals surface area (Å²) in [6.45, 7) is 13.3. The maximum Gasteiger partial charge on any atom is 0.308 e. The van der Waals surface area contributed by atoms with Gasteiger partial charge in [0.1, 0.15) is 11.6 Å². The molecule has 0 aliphatic carbocycles. The molecule has 5 nitrogen and oxygen atoms in total. The summed E-state index contributed by atoms with van der Waals surface area (Å²) in [5.74, 6) is -1.36. The highest BCUT2D eigenvalue weighted by Crippen LogP contribution is 2.44. The van der Waals surface area contributed by atoms with Gasteiger partial charge in [-0.3, -0.25) is 4.79 Å². The Balaban J connectivity index is 1.42. The summed E-state index contributed by atoms with van der Waals surface area (Å²) < 4.78 is 27.3. The molecular formula is C28H38FNO4Si. The molecule has 0 bridgehead atoms. The Morgan fingerprint density at radius 1 is 1.20 bits per heavy atom. The second-order valence-electron chi connectivity index (χ2n) is 11.6. The van der Waals surface area contributed by atoms with Gasteiger partial charge in [0.2, 0.25) is 8.32 Å². The number of likely N-dealkylation sites (tertiary alicyclic amines) is 1. The first-order valence-corrected chi connectivity index (χ1v) is 15.5. The highest BCUT2D eigenvalue weighted by Gasteiger charge is 2.43. The van der Waals surface area contributed by atoms with Crippen molar-refractivity contribution >= 4 is 14.3 Å². The summed E-state index contributed by atoms with van der Waals surface area (Å²) in [5, 5.41) is 9.97. The molecule has 0 aromatic heterocycles. The van der Waals surface area contributed by atoms with Crippen molar-refractivity contribution in [2.24, 2.45) is 5.92 Å². The lowest BCUT2D eigenvalue weighted by atomic mass is 9.83. The third-order valence-corrected chi connectivity index (χ3v) is 12.5. The van der Waals surface area contributed by atoms with E-state index in [0.29, 0.717) is 24.5 Å². The van der Waals surface area contributed by atoms with Crippen LogP contribution in [0, 0.1) is 11.7 Å². The molecule has 2 aromatic carbocycles. The maximum atomic E-state index is 14.7. The summed E-state index contributed by atoms with van der Waals surface area (Å²) in [5.41, 5.74) is 2.66. The molecule has 35 heavy (non-hydrogen) atoms. The second kappa shape index (κ2) is 9.68. The van der Waals surface area contributed by atoms with Crippen LogP contribution in [0.25, 0.3) is 0 Å². The van der Waals surface area contributed by atoms with E-state index in [-0.39, 0.29) is 22.9 Å². The van der Waals surface area contributed by atoms with Crippen LogP contribution in [0.15, 0.2) is 42.5 Å². The van der Waals surface area contributed by atoms with Crippen molar-refractivity contribution in [2.45, 2.75) is 70.4 Å². The molecule has 4 rings (SSSR count). The number of hydrogen-bond donors (Lipinski definition) is 1. The van der Waals surface area contributed by atoms with Crippen molar-refractivity contribution in [3.63, 3.8) is 0 Å². The number of hydrogen-bond acceptors (Lipinski definition) is 4. The topological polar surface area (TPSA) is 59.0 Å². The van der Waals surface area contributed by atoms with Gasteiger partial charge in [0, 0.05) is 19.6 Å². The van der Waals surface area contributed by atoms with E-state index in [1.54, 1.807) is 12.1 Å². The lowest BCUT2D eigenvalue weighted by Gasteiger charge is -2.40. The Labute approximate surface area is 209 Å². The van der Waals surface area contributed by atoms with Crippen LogP contribution in [0.2, 0.25) is 18.1 Å². The van der Waals surface area contributed by atoms with Crippen molar-refractivity contribution in [2.75, 3.05) is 19.6 Å². The van der Waals surface area contributed by atoms with Gasteiger partial charge in [-0.15, -0.1) is 0 Å². The van der Waals surface area contributed by atoms with Gasteiger partial charge in [-0.05, 0) is 72.3 Å². The van der Waals surface area contributed by atoms with Crippen LogP contribution in [0.1, 0.15) is 50.3 Å². The van der Waals surface area contributed by atoms with Crippen LogP contribution < -0.4 is 4.43 Å². The summed E-state index contributed by atoms with van der Waals surface area (Å²) >= 11 is 0. The van der Waals surface area contributed by atoms with Crippen molar-refractivity contribution < 1.29 is 23.5 Å². The van der Waals surface area contributed by atoms with E-state index in [4.69, 9.17) is 9.16 Å². The van der Waals surface area contributed by atoms with Crippen LogP contribution in [0.5, 0.6) is 5.75 Å². The van der Waals surface area contributed by atoms with Crippen LogP contribution in [0.4, 0.5) is 4.39 Å². The number of fused-ring (bicyclic) bond motifs is 2. The van der Waals surface area contributed by atoms with Gasteiger partial charge < -0.3 is 19.2 Å². The highest BCUT2D eigenvalue weighted by molar-refractivity contribution is 6.74. The van der Waals surface area contributed by atoms with E-state index < -0.39 is 20.2 Å². The minimum Gasteiger partial charge on any atom is -0.543 e. The number of benzene rings is 2. The fraction of sp³-hybridized carbons (Fsp3) is 0.536. The van der Waals surface area contributed by atoms with E-state index in [0.717, 1.165) is 25.9 Å². The Morgan fingerprint density at radius 3 is 2.54 bits per heavy atom. The molecule has 7 heteroatoms. The number of ether oxygens (including phenoxy) is 1. The molecule has 1 spiro atoms. The average molecular weight is 500 g/mol. The Morgan fingerprint density at radius 2 is 1.89 bits per heavy atom. The molecule has 0 amide bonds. The molecule has 1 saturated heterocycles. The molecule has 2 aliphatic rings. The van der Waals surface area contributed by atoms with Gasteiger partial charge in [-0.25, -0.2) is 4.39 Å². The molecule has 2 heterocycles. The largest absolute Gasteiger partial charge is 0.543 e. The first kappa shape index (κ1) is 25.9. The third-order valence-electron chi connectivity index (χ3n) is 8.17. The van der Waals surface area contributed by atoms with Gasteiger partial charge in [-0.1, -0.05) is 45.0 Å². The average Bonchev–Trinajstić information content (AvgIpc) is 3.14. The third kappa shape index (κ3) is 5.47. The zero-order valence-electron chi connectivity index (χ0n) is 21.6. The minimum absolute atomic E-state index is 0.0142. The molecule has 190 valence electrons. The Kier molecular flexibility index (Phi) is 7.15. The zero-order chi connectivity index (χ0) is 25.4. The fourth-order valence-electron chi connectivity index (χ4n) is 4.92. The van der Waals surface area contributed by atoms with Crippen LogP contribution >= 0.6 is 0 Å². The van der Waals surface area contributed by atoms with Gasteiger partial charge in [0.25, 0.3) is 0 Å². The molecule has 1 unspecified atom stereocenters. The van der Waals surface area contributed by atoms with E-state index in [9.17, 15) is 14.3 Å². The molecule has 2 aliphatic heterocycles. The van der Waals surface area contributed by atoms with E-state index >= 15 is 0 Å². The van der Waals surface area contributed by atoms with E-state index in [1.165, 1.54) is 17.2 Å². The van der Waals surface area contributed by atoms with E-state index in [2.05, 4.69) is 57.0 Å². The number of rotatable bonds is 7. The summed E-state index contributed by atoms with van der Waals surface area (Å²) in [6.07, 6.45) is 1.80. The number of nitrogens with zero attached hydrogens (tertiary/aromatic N) is 1. The molecule has 1 atom stereocenters. The predicted molar refractivity (Wildman–Crippen MR) is 138 cm³/mol. The normalized spacial score (nSPS) is 18.9. The van der Waals surface area contributed by atoms with Crippen molar-refractivity contribution in [3.05, 3.63) is 65.0 Å². The molecule has 0 saturated carbocycles. The van der Waals surface area contributed by atoms with Crippen molar-refractivity contribution in [1.29, 1.82) is 0 Å².